The van der Waals surface area contributed by atoms with Crippen LogP contribution in [0.1, 0.15) is 64.7 Å². The van der Waals surface area contributed by atoms with Crippen LogP contribution in [0.3, 0.4) is 0 Å². The van der Waals surface area contributed by atoms with Crippen molar-refractivity contribution in [3.63, 3.8) is 0 Å². The number of esters is 1. The second-order valence-corrected chi connectivity index (χ2v) is 5.35. The Kier molecular flexibility index (Phi) is 7.53. The van der Waals surface area contributed by atoms with Gasteiger partial charge in [-0.25, -0.2) is 0 Å². The molecular weight excluding hydrogens is 242 g/mol. The molecule has 1 fully saturated rings. The molecule has 0 unspecified atom stereocenters. The molecule has 19 heavy (non-hydrogen) atoms. The summed E-state index contributed by atoms with van der Waals surface area (Å²) in [5.74, 6) is -0.192. The Bertz CT molecular complexity index is 285. The van der Waals surface area contributed by atoms with E-state index in [9.17, 15) is 9.59 Å². The lowest BCUT2D eigenvalue weighted by atomic mass is 10.1. The Morgan fingerprint density at radius 2 is 1.84 bits per heavy atom. The van der Waals surface area contributed by atoms with Crippen LogP contribution in [0.4, 0.5) is 0 Å². The molecule has 0 N–H and O–H groups in total. The van der Waals surface area contributed by atoms with E-state index in [0.717, 1.165) is 38.5 Å². The first kappa shape index (κ1) is 16.0. The molecular formula is C15H27NO3. The average Bonchev–Trinajstić information content (AvgIpc) is 2.94. The maximum Gasteiger partial charge on any atom is 0.325 e. The summed E-state index contributed by atoms with van der Waals surface area (Å²) in [6, 6.07) is 0.248. The Morgan fingerprint density at radius 3 is 2.42 bits per heavy atom. The predicted molar refractivity (Wildman–Crippen MR) is 74.7 cm³/mol. The van der Waals surface area contributed by atoms with E-state index >= 15 is 0 Å². The van der Waals surface area contributed by atoms with Crippen molar-refractivity contribution in [2.75, 3.05) is 13.7 Å². The molecule has 1 amide bonds. The summed E-state index contributed by atoms with van der Waals surface area (Å²) in [6.45, 7) is 2.28. The second-order valence-electron chi connectivity index (χ2n) is 5.35. The standard InChI is InChI=1S/C15H27NO3/c1-3-4-5-6-11-14(17)16(12-15(18)19-2)13-9-7-8-10-13/h13H,3-12H2,1-2H3. The first-order chi connectivity index (χ1) is 9.19. The minimum absolute atomic E-state index is 0.119. The van der Waals surface area contributed by atoms with E-state index < -0.39 is 0 Å². The van der Waals surface area contributed by atoms with Crippen LogP contribution >= 0.6 is 0 Å². The highest BCUT2D eigenvalue weighted by molar-refractivity contribution is 5.82. The number of ether oxygens (including phenoxy) is 1. The first-order valence-corrected chi connectivity index (χ1v) is 7.55. The van der Waals surface area contributed by atoms with Crippen LogP contribution in [0.2, 0.25) is 0 Å². The van der Waals surface area contributed by atoms with E-state index in [1.807, 2.05) is 0 Å². The molecule has 4 nitrogen and oxygen atoms in total. The van der Waals surface area contributed by atoms with Crippen molar-refractivity contribution in [2.45, 2.75) is 70.8 Å². The molecule has 0 aliphatic heterocycles. The summed E-state index contributed by atoms with van der Waals surface area (Å²) in [6.07, 6.45) is 9.30. The van der Waals surface area contributed by atoms with Crippen LogP contribution in [0.25, 0.3) is 0 Å². The number of nitrogens with zero attached hydrogens (tertiary/aromatic N) is 1. The zero-order chi connectivity index (χ0) is 14.1. The van der Waals surface area contributed by atoms with Gasteiger partial charge in [0.15, 0.2) is 0 Å². The number of hydrogen-bond acceptors (Lipinski definition) is 3. The largest absolute Gasteiger partial charge is 0.468 e. The van der Waals surface area contributed by atoms with Gasteiger partial charge in [0.2, 0.25) is 5.91 Å². The van der Waals surface area contributed by atoms with E-state index in [0.29, 0.717) is 6.42 Å². The van der Waals surface area contributed by atoms with E-state index in [-0.39, 0.29) is 24.5 Å². The zero-order valence-corrected chi connectivity index (χ0v) is 12.3. The lowest BCUT2D eigenvalue weighted by Crippen LogP contribution is -2.42. The molecule has 110 valence electrons. The Morgan fingerprint density at radius 1 is 1.16 bits per heavy atom. The molecule has 0 saturated heterocycles. The van der Waals surface area contributed by atoms with Crippen molar-refractivity contribution in [1.82, 2.24) is 4.90 Å². The maximum atomic E-state index is 12.3. The summed E-state index contributed by atoms with van der Waals surface area (Å²) in [5, 5.41) is 0. The zero-order valence-electron chi connectivity index (χ0n) is 12.3. The monoisotopic (exact) mass is 269 g/mol. The molecule has 1 rings (SSSR count). The molecule has 0 bridgehead atoms. The Hall–Kier alpha value is -1.06. The highest BCUT2D eigenvalue weighted by atomic mass is 16.5. The van der Waals surface area contributed by atoms with Gasteiger partial charge >= 0.3 is 5.97 Å². The molecule has 1 aliphatic rings. The Balaban J connectivity index is 2.46. The van der Waals surface area contributed by atoms with Gasteiger partial charge in [0.05, 0.1) is 7.11 Å². The number of carbonyl (C=O) groups excluding carboxylic acids is 2. The fourth-order valence-corrected chi connectivity index (χ4v) is 2.69. The van der Waals surface area contributed by atoms with Crippen LogP contribution < -0.4 is 0 Å². The van der Waals surface area contributed by atoms with Gasteiger partial charge in [-0.3, -0.25) is 9.59 Å². The van der Waals surface area contributed by atoms with Crippen LogP contribution in [-0.4, -0.2) is 36.5 Å². The number of methoxy groups -OCH3 is 1. The van der Waals surface area contributed by atoms with Crippen LogP contribution in [0, 0.1) is 0 Å². The van der Waals surface area contributed by atoms with Crippen LogP contribution in [-0.2, 0) is 14.3 Å². The number of unbranched alkanes of at least 4 members (excludes halogenated alkanes) is 3. The summed E-state index contributed by atoms with van der Waals surface area (Å²) in [4.78, 5) is 25.5. The van der Waals surface area contributed by atoms with Gasteiger partial charge in [0.1, 0.15) is 6.54 Å². The third-order valence-corrected chi connectivity index (χ3v) is 3.86. The minimum Gasteiger partial charge on any atom is -0.468 e. The first-order valence-electron chi connectivity index (χ1n) is 7.55. The van der Waals surface area contributed by atoms with Crippen LogP contribution in [0.15, 0.2) is 0 Å². The van der Waals surface area contributed by atoms with Gasteiger partial charge in [-0.1, -0.05) is 39.0 Å². The maximum absolute atomic E-state index is 12.3. The smallest absolute Gasteiger partial charge is 0.325 e. The van der Waals surface area contributed by atoms with Gasteiger partial charge in [-0.05, 0) is 19.3 Å². The summed E-state index contributed by atoms with van der Waals surface area (Å²) < 4.78 is 4.70. The highest BCUT2D eigenvalue weighted by Crippen LogP contribution is 2.24. The quantitative estimate of drug-likeness (QED) is 0.503. The fraction of sp³-hybridized carbons (Fsp3) is 0.867. The van der Waals surface area contributed by atoms with Gasteiger partial charge in [0.25, 0.3) is 0 Å². The normalized spacial score (nSPS) is 15.5. The molecule has 0 spiro atoms. The van der Waals surface area contributed by atoms with E-state index in [1.165, 1.54) is 20.0 Å². The van der Waals surface area contributed by atoms with Crippen molar-refractivity contribution in [1.29, 1.82) is 0 Å². The molecule has 1 aliphatic carbocycles. The van der Waals surface area contributed by atoms with E-state index in [1.54, 1.807) is 4.90 Å². The molecule has 0 radical (unpaired) electrons. The molecule has 0 aromatic carbocycles. The minimum atomic E-state index is -0.311. The number of carbonyl (C=O) groups is 2. The van der Waals surface area contributed by atoms with Crippen molar-refractivity contribution < 1.29 is 14.3 Å². The second kappa shape index (κ2) is 8.94. The third kappa shape index (κ3) is 5.62. The van der Waals surface area contributed by atoms with Gasteiger partial charge in [-0.15, -0.1) is 0 Å². The van der Waals surface area contributed by atoms with Gasteiger partial charge in [0, 0.05) is 12.5 Å². The van der Waals surface area contributed by atoms with Crippen molar-refractivity contribution in [3.05, 3.63) is 0 Å². The van der Waals surface area contributed by atoms with Crippen LogP contribution in [0.5, 0.6) is 0 Å². The third-order valence-electron chi connectivity index (χ3n) is 3.86. The molecule has 1 saturated carbocycles. The summed E-state index contributed by atoms with van der Waals surface area (Å²) >= 11 is 0. The summed E-state index contributed by atoms with van der Waals surface area (Å²) in [5.41, 5.74) is 0. The molecule has 0 atom stereocenters. The van der Waals surface area contributed by atoms with Crippen molar-refractivity contribution >= 4 is 11.9 Å². The topological polar surface area (TPSA) is 46.6 Å². The average molecular weight is 269 g/mol. The van der Waals surface area contributed by atoms with Crippen molar-refractivity contribution in [3.8, 4) is 0 Å². The predicted octanol–water partition coefficient (Wildman–Crippen LogP) is 2.90. The lowest BCUT2D eigenvalue weighted by molar-refractivity contribution is -0.148. The molecule has 0 heterocycles. The van der Waals surface area contributed by atoms with E-state index in [2.05, 4.69) is 6.92 Å². The Labute approximate surface area is 116 Å². The molecule has 0 aromatic heterocycles. The van der Waals surface area contributed by atoms with E-state index in [4.69, 9.17) is 4.74 Å². The molecule has 4 heteroatoms. The lowest BCUT2D eigenvalue weighted by Gasteiger charge is -2.28. The number of rotatable bonds is 8. The van der Waals surface area contributed by atoms with Crippen molar-refractivity contribution in [2.24, 2.45) is 0 Å². The fourth-order valence-electron chi connectivity index (χ4n) is 2.69. The van der Waals surface area contributed by atoms with Gasteiger partial charge < -0.3 is 9.64 Å². The SMILES string of the molecule is CCCCCCC(=O)N(CC(=O)OC)C1CCCC1. The number of hydrogen-bond donors (Lipinski definition) is 0. The van der Waals surface area contributed by atoms with Gasteiger partial charge in [-0.2, -0.15) is 0 Å². The number of amides is 1. The summed E-state index contributed by atoms with van der Waals surface area (Å²) in [7, 11) is 1.38. The highest BCUT2D eigenvalue weighted by Gasteiger charge is 2.28. The molecule has 0 aromatic rings.